The molecule has 3 atom stereocenters. The summed E-state index contributed by atoms with van der Waals surface area (Å²) in [6.07, 6.45) is 7.42. The number of hydrogen-bond acceptors (Lipinski definition) is 5. The van der Waals surface area contributed by atoms with Crippen LogP contribution in [0.2, 0.25) is 0 Å². The zero-order chi connectivity index (χ0) is 14.5. The third-order valence-electron chi connectivity index (χ3n) is 4.26. The van der Waals surface area contributed by atoms with Crippen LogP contribution in [0.3, 0.4) is 0 Å². The van der Waals surface area contributed by atoms with E-state index in [0.717, 1.165) is 18.0 Å². The van der Waals surface area contributed by atoms with Crippen molar-refractivity contribution in [2.45, 2.75) is 52.7 Å². The summed E-state index contributed by atoms with van der Waals surface area (Å²) in [5.74, 6) is 7.92. The number of rotatable bonds is 5. The molecule has 0 radical (unpaired) electrons. The van der Waals surface area contributed by atoms with E-state index in [1.165, 1.54) is 12.8 Å². The van der Waals surface area contributed by atoms with Gasteiger partial charge in [-0.25, -0.2) is 10.8 Å². The molecule has 0 aromatic carbocycles. The summed E-state index contributed by atoms with van der Waals surface area (Å²) in [4.78, 5) is 8.44. The van der Waals surface area contributed by atoms with Gasteiger partial charge in [-0.2, -0.15) is 0 Å². The lowest BCUT2D eigenvalue weighted by atomic mass is 9.75. The lowest BCUT2D eigenvalue weighted by Crippen LogP contribution is -2.34. The van der Waals surface area contributed by atoms with Gasteiger partial charge in [0, 0.05) is 0 Å². The summed E-state index contributed by atoms with van der Waals surface area (Å²) >= 11 is 0. The van der Waals surface area contributed by atoms with Gasteiger partial charge in [-0.05, 0) is 30.6 Å². The Morgan fingerprint density at radius 1 is 1.35 bits per heavy atom. The van der Waals surface area contributed by atoms with Crippen molar-refractivity contribution in [2.75, 3.05) is 5.43 Å². The van der Waals surface area contributed by atoms with Crippen LogP contribution in [0.1, 0.15) is 45.7 Å². The molecular formula is C15H26N4O. The lowest BCUT2D eigenvalue weighted by molar-refractivity contribution is -0.0483. The van der Waals surface area contributed by atoms with Gasteiger partial charge in [-0.1, -0.05) is 27.2 Å². The summed E-state index contributed by atoms with van der Waals surface area (Å²) in [6, 6.07) is 0. The van der Waals surface area contributed by atoms with Gasteiger partial charge < -0.3 is 10.2 Å². The van der Waals surface area contributed by atoms with Crippen LogP contribution in [0.5, 0.6) is 0 Å². The smallest absolute Gasteiger partial charge is 0.158 e. The largest absolute Gasteiger partial charge is 0.372 e. The molecule has 5 nitrogen and oxygen atoms in total. The van der Waals surface area contributed by atoms with E-state index < -0.39 is 0 Å². The molecule has 0 saturated heterocycles. The third kappa shape index (κ3) is 3.90. The molecule has 0 amide bonds. The highest BCUT2D eigenvalue weighted by Gasteiger charge is 2.31. The second kappa shape index (κ2) is 6.99. The van der Waals surface area contributed by atoms with Crippen molar-refractivity contribution < 1.29 is 4.74 Å². The van der Waals surface area contributed by atoms with Crippen molar-refractivity contribution >= 4 is 5.82 Å². The fourth-order valence-corrected chi connectivity index (χ4v) is 3.00. The van der Waals surface area contributed by atoms with E-state index in [4.69, 9.17) is 10.6 Å². The average Bonchev–Trinajstić information content (AvgIpc) is 2.45. The van der Waals surface area contributed by atoms with Crippen LogP contribution in [-0.4, -0.2) is 16.1 Å². The first-order chi connectivity index (χ1) is 9.60. The van der Waals surface area contributed by atoms with Gasteiger partial charge in [0.25, 0.3) is 0 Å². The number of nitrogens with two attached hydrogens (primary N) is 1. The first-order valence-corrected chi connectivity index (χ1v) is 7.49. The Bertz CT molecular complexity index is 407. The van der Waals surface area contributed by atoms with Gasteiger partial charge in [-0.15, -0.1) is 0 Å². The highest BCUT2D eigenvalue weighted by Crippen LogP contribution is 2.35. The molecule has 1 fully saturated rings. The molecule has 112 valence electrons. The molecule has 20 heavy (non-hydrogen) atoms. The molecule has 1 aliphatic rings. The summed E-state index contributed by atoms with van der Waals surface area (Å²) in [5.41, 5.74) is 3.32. The number of hydrazine groups is 1. The minimum Gasteiger partial charge on any atom is -0.372 e. The van der Waals surface area contributed by atoms with Crippen LogP contribution in [-0.2, 0) is 11.3 Å². The van der Waals surface area contributed by atoms with Crippen LogP contribution in [0, 0.1) is 17.8 Å². The van der Waals surface area contributed by atoms with Crippen LogP contribution >= 0.6 is 0 Å². The maximum Gasteiger partial charge on any atom is 0.158 e. The highest BCUT2D eigenvalue weighted by atomic mass is 16.5. The minimum atomic E-state index is 0.341. The topological polar surface area (TPSA) is 73.1 Å². The Labute approximate surface area is 121 Å². The first-order valence-electron chi connectivity index (χ1n) is 7.49. The number of nitrogen functional groups attached to an aromatic ring is 1. The third-order valence-corrected chi connectivity index (χ3v) is 4.26. The van der Waals surface area contributed by atoms with E-state index in [-0.39, 0.29) is 0 Å². The van der Waals surface area contributed by atoms with Gasteiger partial charge in [0.1, 0.15) is 0 Å². The molecule has 1 aromatic rings. The molecule has 1 saturated carbocycles. The molecule has 1 heterocycles. The molecule has 0 aliphatic heterocycles. The summed E-state index contributed by atoms with van der Waals surface area (Å²) < 4.78 is 6.13. The highest BCUT2D eigenvalue weighted by molar-refractivity contribution is 5.28. The second-order valence-electron chi connectivity index (χ2n) is 6.21. The van der Waals surface area contributed by atoms with E-state index in [9.17, 15) is 0 Å². The van der Waals surface area contributed by atoms with Gasteiger partial charge in [0.05, 0.1) is 30.8 Å². The molecular weight excluding hydrogens is 252 g/mol. The van der Waals surface area contributed by atoms with E-state index in [0.29, 0.717) is 30.4 Å². The second-order valence-corrected chi connectivity index (χ2v) is 6.21. The quantitative estimate of drug-likeness (QED) is 0.640. The standard InChI is InChI=1S/C15H26N4O/c1-10(2)13-5-4-11(3)6-14(13)20-9-12-7-18-15(19-16)8-17-12/h7-8,10-11,13-14H,4-6,9,16H2,1-3H3,(H,18,19). The summed E-state index contributed by atoms with van der Waals surface area (Å²) in [7, 11) is 0. The Morgan fingerprint density at radius 2 is 2.15 bits per heavy atom. The maximum absolute atomic E-state index is 6.13. The molecule has 3 N–H and O–H groups in total. The molecule has 0 bridgehead atoms. The molecule has 0 spiro atoms. The van der Waals surface area contributed by atoms with Crippen LogP contribution in [0.15, 0.2) is 12.4 Å². The molecule has 1 aliphatic carbocycles. The van der Waals surface area contributed by atoms with Gasteiger partial charge in [0.2, 0.25) is 0 Å². The molecule has 5 heteroatoms. The van der Waals surface area contributed by atoms with Crippen molar-refractivity contribution in [1.82, 2.24) is 9.97 Å². The predicted molar refractivity (Wildman–Crippen MR) is 79.8 cm³/mol. The minimum absolute atomic E-state index is 0.341. The normalized spacial score (nSPS) is 26.8. The molecule has 2 rings (SSSR count). The van der Waals surface area contributed by atoms with Crippen molar-refractivity contribution in [3.8, 4) is 0 Å². The number of nitrogens with zero attached hydrogens (tertiary/aromatic N) is 2. The van der Waals surface area contributed by atoms with Crippen LogP contribution < -0.4 is 11.3 Å². The number of anilines is 1. The Morgan fingerprint density at radius 3 is 2.75 bits per heavy atom. The van der Waals surface area contributed by atoms with Crippen LogP contribution in [0.25, 0.3) is 0 Å². The van der Waals surface area contributed by atoms with Crippen molar-refractivity contribution in [1.29, 1.82) is 0 Å². The average molecular weight is 278 g/mol. The summed E-state index contributed by atoms with van der Waals surface area (Å²) in [6.45, 7) is 7.42. The van der Waals surface area contributed by atoms with Gasteiger partial charge in [-0.3, -0.25) is 4.98 Å². The van der Waals surface area contributed by atoms with Crippen molar-refractivity contribution in [3.05, 3.63) is 18.1 Å². The van der Waals surface area contributed by atoms with Gasteiger partial charge >= 0.3 is 0 Å². The van der Waals surface area contributed by atoms with Crippen molar-refractivity contribution in [3.63, 3.8) is 0 Å². The molecule has 1 aromatic heterocycles. The fourth-order valence-electron chi connectivity index (χ4n) is 3.00. The number of ether oxygens (including phenoxy) is 1. The van der Waals surface area contributed by atoms with E-state index in [2.05, 4.69) is 36.2 Å². The Balaban J connectivity index is 1.92. The number of aromatic nitrogens is 2. The number of nitrogens with one attached hydrogen (secondary N) is 1. The van der Waals surface area contributed by atoms with E-state index in [1.807, 2.05) is 0 Å². The SMILES string of the molecule is CC1CCC(C(C)C)C(OCc2cnc(NN)cn2)C1. The lowest BCUT2D eigenvalue weighted by Gasteiger charge is -2.37. The maximum atomic E-state index is 6.13. The van der Waals surface area contributed by atoms with E-state index in [1.54, 1.807) is 12.4 Å². The Hall–Kier alpha value is -1.20. The van der Waals surface area contributed by atoms with Crippen LogP contribution in [0.4, 0.5) is 5.82 Å². The van der Waals surface area contributed by atoms with Gasteiger partial charge in [0.15, 0.2) is 5.82 Å². The number of hydrogen-bond donors (Lipinski definition) is 2. The Kier molecular flexibility index (Phi) is 5.31. The van der Waals surface area contributed by atoms with Crippen molar-refractivity contribution in [2.24, 2.45) is 23.6 Å². The summed E-state index contributed by atoms with van der Waals surface area (Å²) in [5, 5.41) is 0. The zero-order valence-electron chi connectivity index (χ0n) is 12.7. The molecule has 3 unspecified atom stereocenters. The monoisotopic (exact) mass is 278 g/mol. The van der Waals surface area contributed by atoms with E-state index >= 15 is 0 Å². The first kappa shape index (κ1) is 15.2. The predicted octanol–water partition coefficient (Wildman–Crippen LogP) is 2.74. The fraction of sp³-hybridized carbons (Fsp3) is 0.733. The zero-order valence-corrected chi connectivity index (χ0v) is 12.7.